The average Bonchev–Trinajstić information content (AvgIpc) is 3.44. The van der Waals surface area contributed by atoms with Crippen molar-refractivity contribution in [3.8, 4) is 0 Å². The molecule has 5 rings (SSSR count). The number of aromatic nitrogens is 1. The summed E-state index contributed by atoms with van der Waals surface area (Å²) in [4.78, 5) is 45.8. The van der Waals surface area contributed by atoms with Crippen LogP contribution >= 0.6 is 0 Å². The number of hydrogen-bond donors (Lipinski definition) is 2. The molecule has 0 unspecified atom stereocenters. The SMILES string of the molecule is O=C(CC[C@@H](NC(=O)c1cc2ccccc2[nH]1)C(=O)N(C1CCCCC1)C1CCCCC1)OCc1ccccc1. The Kier molecular flexibility index (Phi) is 9.53. The minimum atomic E-state index is -0.799. The second kappa shape index (κ2) is 13.6. The van der Waals surface area contributed by atoms with Gasteiger partial charge in [-0.05, 0) is 49.8 Å². The molecule has 7 heteroatoms. The zero-order valence-corrected chi connectivity index (χ0v) is 23.3. The van der Waals surface area contributed by atoms with Crippen LogP contribution in [0.1, 0.15) is 93.1 Å². The maximum Gasteiger partial charge on any atom is 0.306 e. The van der Waals surface area contributed by atoms with Gasteiger partial charge in [0.25, 0.3) is 5.91 Å². The molecule has 2 aliphatic rings. The van der Waals surface area contributed by atoms with Gasteiger partial charge in [0, 0.05) is 29.4 Å². The molecule has 2 fully saturated rings. The number of rotatable bonds is 10. The molecular weight excluding hydrogens is 502 g/mol. The summed E-state index contributed by atoms with van der Waals surface area (Å²) in [7, 11) is 0. The molecule has 40 heavy (non-hydrogen) atoms. The van der Waals surface area contributed by atoms with Crippen molar-refractivity contribution in [1.82, 2.24) is 15.2 Å². The second-order valence-electron chi connectivity index (χ2n) is 11.3. The number of H-pyrrole nitrogens is 1. The topological polar surface area (TPSA) is 91.5 Å². The van der Waals surface area contributed by atoms with Crippen LogP contribution in [0.3, 0.4) is 0 Å². The van der Waals surface area contributed by atoms with E-state index >= 15 is 0 Å². The molecule has 2 aliphatic carbocycles. The van der Waals surface area contributed by atoms with Gasteiger partial charge in [0.05, 0.1) is 0 Å². The van der Waals surface area contributed by atoms with Gasteiger partial charge in [-0.15, -0.1) is 0 Å². The van der Waals surface area contributed by atoms with E-state index < -0.39 is 6.04 Å². The molecule has 1 aromatic heterocycles. The molecule has 7 nitrogen and oxygen atoms in total. The molecular formula is C33H41N3O4. The maximum absolute atomic E-state index is 14.3. The molecule has 2 amide bonds. The monoisotopic (exact) mass is 543 g/mol. The number of hydrogen-bond acceptors (Lipinski definition) is 4. The van der Waals surface area contributed by atoms with Crippen molar-refractivity contribution in [2.24, 2.45) is 0 Å². The molecule has 3 aromatic rings. The summed E-state index contributed by atoms with van der Waals surface area (Å²) < 4.78 is 5.50. The molecule has 2 aromatic carbocycles. The number of nitrogens with one attached hydrogen (secondary N) is 2. The summed E-state index contributed by atoms with van der Waals surface area (Å²) >= 11 is 0. The van der Waals surface area contributed by atoms with E-state index in [1.54, 1.807) is 6.07 Å². The first-order valence-corrected chi connectivity index (χ1v) is 15.0. The summed E-state index contributed by atoms with van der Waals surface area (Å²) in [5, 5.41) is 3.95. The number of nitrogens with zero attached hydrogens (tertiary/aromatic N) is 1. The third-order valence-electron chi connectivity index (χ3n) is 8.45. The largest absolute Gasteiger partial charge is 0.461 e. The first-order chi connectivity index (χ1) is 19.6. The molecule has 0 radical (unpaired) electrons. The van der Waals surface area contributed by atoms with Gasteiger partial charge in [0.1, 0.15) is 18.3 Å². The van der Waals surface area contributed by atoms with Crippen molar-refractivity contribution in [3.05, 3.63) is 71.9 Å². The Morgan fingerprint density at radius 3 is 2.12 bits per heavy atom. The molecule has 0 aliphatic heterocycles. The number of esters is 1. The smallest absolute Gasteiger partial charge is 0.306 e. The second-order valence-corrected chi connectivity index (χ2v) is 11.3. The zero-order valence-electron chi connectivity index (χ0n) is 23.3. The van der Waals surface area contributed by atoms with E-state index in [4.69, 9.17) is 4.74 Å². The van der Waals surface area contributed by atoms with Crippen LogP contribution < -0.4 is 5.32 Å². The van der Waals surface area contributed by atoms with E-state index in [0.29, 0.717) is 5.69 Å². The van der Waals surface area contributed by atoms with E-state index in [1.165, 1.54) is 12.8 Å². The highest BCUT2D eigenvalue weighted by Crippen LogP contribution is 2.31. The lowest BCUT2D eigenvalue weighted by atomic mass is 9.87. The first-order valence-electron chi connectivity index (χ1n) is 15.0. The molecule has 0 saturated heterocycles. The van der Waals surface area contributed by atoms with E-state index in [2.05, 4.69) is 15.2 Å². The van der Waals surface area contributed by atoms with Gasteiger partial charge < -0.3 is 19.9 Å². The standard InChI is InChI=1S/C33H41N3O4/c37-31(40-23-24-12-4-1-5-13-24)21-20-29(35-32(38)30-22-25-14-10-11-19-28(25)34-30)33(39)36(26-15-6-2-7-16-26)27-17-8-3-9-18-27/h1,4-5,10-14,19,22,26-27,29,34H,2-3,6-9,15-18,20-21,23H2,(H,35,38)/t29-/m1/s1. The normalized spacial score (nSPS) is 17.3. The van der Waals surface area contributed by atoms with Crippen molar-refractivity contribution in [3.63, 3.8) is 0 Å². The van der Waals surface area contributed by atoms with Gasteiger partial charge in [0.15, 0.2) is 0 Å². The minimum Gasteiger partial charge on any atom is -0.461 e. The van der Waals surface area contributed by atoms with E-state index in [1.807, 2.05) is 54.6 Å². The van der Waals surface area contributed by atoms with Gasteiger partial charge in [-0.2, -0.15) is 0 Å². The zero-order chi connectivity index (χ0) is 27.7. The Morgan fingerprint density at radius 1 is 0.850 bits per heavy atom. The van der Waals surface area contributed by atoms with Crippen molar-refractivity contribution in [1.29, 1.82) is 0 Å². The number of carbonyl (C=O) groups is 3. The van der Waals surface area contributed by atoms with Crippen LogP contribution in [0.4, 0.5) is 0 Å². The van der Waals surface area contributed by atoms with Gasteiger partial charge in [-0.25, -0.2) is 0 Å². The molecule has 212 valence electrons. The minimum absolute atomic E-state index is 0.0550. The van der Waals surface area contributed by atoms with Crippen molar-refractivity contribution >= 4 is 28.7 Å². The number of fused-ring (bicyclic) bond motifs is 1. The number of para-hydroxylation sites is 1. The lowest BCUT2D eigenvalue weighted by Gasteiger charge is -2.43. The van der Waals surface area contributed by atoms with Gasteiger partial charge in [0.2, 0.25) is 5.91 Å². The summed E-state index contributed by atoms with van der Waals surface area (Å²) in [5.41, 5.74) is 2.19. The van der Waals surface area contributed by atoms with Crippen LogP contribution in [0.25, 0.3) is 10.9 Å². The van der Waals surface area contributed by atoms with Gasteiger partial charge in [-0.1, -0.05) is 87.1 Å². The molecule has 0 spiro atoms. The summed E-state index contributed by atoms with van der Waals surface area (Å²) in [5.74, 6) is -0.762. The lowest BCUT2D eigenvalue weighted by molar-refractivity contribution is -0.146. The highest BCUT2D eigenvalue weighted by Gasteiger charge is 2.37. The van der Waals surface area contributed by atoms with E-state index in [0.717, 1.165) is 67.8 Å². The lowest BCUT2D eigenvalue weighted by Crippen LogP contribution is -2.56. The molecule has 0 bridgehead atoms. The van der Waals surface area contributed by atoms with Crippen LogP contribution in [0, 0.1) is 0 Å². The fourth-order valence-corrected chi connectivity index (χ4v) is 6.32. The number of carbonyl (C=O) groups excluding carboxylic acids is 3. The predicted octanol–water partition coefficient (Wildman–Crippen LogP) is 6.28. The number of amides is 2. The summed E-state index contributed by atoms with van der Waals surface area (Å²) in [6.07, 6.45) is 11.2. The third-order valence-corrected chi connectivity index (χ3v) is 8.45. The van der Waals surface area contributed by atoms with E-state index in [-0.39, 0.29) is 49.3 Å². The number of benzene rings is 2. The van der Waals surface area contributed by atoms with Crippen LogP contribution in [0.5, 0.6) is 0 Å². The van der Waals surface area contributed by atoms with Crippen molar-refractivity contribution in [2.75, 3.05) is 0 Å². The number of ether oxygens (including phenoxy) is 1. The Balaban J connectivity index is 1.33. The Hall–Kier alpha value is -3.61. The molecule has 2 saturated carbocycles. The highest BCUT2D eigenvalue weighted by molar-refractivity contribution is 6.00. The summed E-state index contributed by atoms with van der Waals surface area (Å²) in [6.45, 7) is 0.190. The van der Waals surface area contributed by atoms with Crippen LogP contribution in [0.2, 0.25) is 0 Å². The predicted molar refractivity (Wildman–Crippen MR) is 156 cm³/mol. The Morgan fingerprint density at radius 2 is 1.48 bits per heavy atom. The van der Waals surface area contributed by atoms with Crippen molar-refractivity contribution < 1.29 is 19.1 Å². The fraction of sp³-hybridized carbons (Fsp3) is 0.485. The molecule has 2 N–H and O–H groups in total. The van der Waals surface area contributed by atoms with Crippen LogP contribution in [-0.4, -0.2) is 45.8 Å². The molecule has 1 atom stereocenters. The fourth-order valence-electron chi connectivity index (χ4n) is 6.32. The number of aromatic amines is 1. The quantitative estimate of drug-likeness (QED) is 0.294. The Labute approximate surface area is 236 Å². The third kappa shape index (κ3) is 7.12. The average molecular weight is 544 g/mol. The summed E-state index contributed by atoms with van der Waals surface area (Å²) in [6, 6.07) is 18.7. The van der Waals surface area contributed by atoms with Gasteiger partial charge in [-0.3, -0.25) is 14.4 Å². The van der Waals surface area contributed by atoms with Gasteiger partial charge >= 0.3 is 5.97 Å². The molecule has 1 heterocycles. The van der Waals surface area contributed by atoms with Crippen LogP contribution in [0.15, 0.2) is 60.7 Å². The van der Waals surface area contributed by atoms with E-state index in [9.17, 15) is 14.4 Å². The highest BCUT2D eigenvalue weighted by atomic mass is 16.5. The Bertz CT molecular complexity index is 1220. The van der Waals surface area contributed by atoms with Crippen molar-refractivity contribution in [2.45, 2.75) is 102 Å². The maximum atomic E-state index is 14.3. The first kappa shape index (κ1) is 27.9. The van der Waals surface area contributed by atoms with Crippen LogP contribution in [-0.2, 0) is 20.9 Å².